The van der Waals surface area contributed by atoms with Crippen molar-refractivity contribution in [3.63, 3.8) is 0 Å². The molecule has 0 fully saturated rings. The molecule has 2 rings (SSSR count). The molecular formula is C17H20BrCl2NO2. The molecule has 0 aromatic heterocycles. The van der Waals surface area contributed by atoms with Crippen LogP contribution in [0.3, 0.4) is 0 Å². The number of para-hydroxylation sites is 1. The molecule has 0 aliphatic heterocycles. The van der Waals surface area contributed by atoms with Crippen LogP contribution in [0.5, 0.6) is 5.75 Å². The Labute approximate surface area is 156 Å². The molecule has 0 radical (unpaired) electrons. The first kappa shape index (κ1) is 20.3. The van der Waals surface area contributed by atoms with Crippen molar-refractivity contribution in [1.82, 2.24) is 5.32 Å². The fourth-order valence-corrected chi connectivity index (χ4v) is 2.61. The summed E-state index contributed by atoms with van der Waals surface area (Å²) in [6, 6.07) is 15.4. The van der Waals surface area contributed by atoms with Gasteiger partial charge in [-0.05, 0) is 52.7 Å². The van der Waals surface area contributed by atoms with E-state index in [1.807, 2.05) is 55.5 Å². The number of nitrogens with one attached hydrogen (secondary N) is 1. The van der Waals surface area contributed by atoms with E-state index < -0.39 is 6.10 Å². The highest BCUT2D eigenvalue weighted by molar-refractivity contribution is 9.10. The van der Waals surface area contributed by atoms with Crippen LogP contribution in [0.1, 0.15) is 18.5 Å². The highest BCUT2D eigenvalue weighted by atomic mass is 79.9. The van der Waals surface area contributed by atoms with Crippen LogP contribution in [-0.2, 0) is 0 Å². The van der Waals surface area contributed by atoms with Gasteiger partial charge in [0.25, 0.3) is 0 Å². The lowest BCUT2D eigenvalue weighted by atomic mass is 10.1. The average molecular weight is 421 g/mol. The third kappa shape index (κ3) is 6.69. The third-order valence-electron chi connectivity index (χ3n) is 3.28. The molecule has 2 N–H and O–H groups in total. The molecule has 126 valence electrons. The summed E-state index contributed by atoms with van der Waals surface area (Å²) in [7, 11) is 0. The zero-order valence-corrected chi connectivity index (χ0v) is 15.9. The van der Waals surface area contributed by atoms with Crippen LogP contribution in [0.2, 0.25) is 5.02 Å². The first-order valence-electron chi connectivity index (χ1n) is 7.10. The molecule has 2 unspecified atom stereocenters. The van der Waals surface area contributed by atoms with E-state index in [9.17, 15) is 5.11 Å². The predicted octanol–water partition coefficient (Wildman–Crippen LogP) is 4.61. The van der Waals surface area contributed by atoms with Crippen molar-refractivity contribution < 1.29 is 9.84 Å². The molecule has 0 aliphatic carbocycles. The van der Waals surface area contributed by atoms with Gasteiger partial charge in [-0.25, -0.2) is 0 Å². The molecule has 0 amide bonds. The summed E-state index contributed by atoms with van der Waals surface area (Å²) in [5.41, 5.74) is 1.09. The second-order valence-electron chi connectivity index (χ2n) is 5.08. The number of aliphatic hydroxyl groups excluding tert-OH is 1. The smallest absolute Gasteiger partial charge is 0.133 e. The lowest BCUT2D eigenvalue weighted by molar-refractivity contribution is 0.104. The topological polar surface area (TPSA) is 41.5 Å². The van der Waals surface area contributed by atoms with E-state index in [0.29, 0.717) is 11.6 Å². The van der Waals surface area contributed by atoms with Crippen molar-refractivity contribution in [2.24, 2.45) is 0 Å². The Morgan fingerprint density at radius 3 is 2.65 bits per heavy atom. The van der Waals surface area contributed by atoms with E-state index >= 15 is 0 Å². The molecule has 0 bridgehead atoms. The lowest BCUT2D eigenvalue weighted by Crippen LogP contribution is -2.33. The van der Waals surface area contributed by atoms with E-state index in [1.54, 1.807) is 0 Å². The molecule has 0 spiro atoms. The number of hydrogen-bond acceptors (Lipinski definition) is 3. The molecule has 0 heterocycles. The quantitative estimate of drug-likeness (QED) is 0.686. The molecule has 0 saturated carbocycles. The van der Waals surface area contributed by atoms with Crippen molar-refractivity contribution in [2.75, 3.05) is 13.2 Å². The fourth-order valence-electron chi connectivity index (χ4n) is 2.01. The van der Waals surface area contributed by atoms with Gasteiger partial charge in [-0.2, -0.15) is 0 Å². The third-order valence-corrected chi connectivity index (χ3v) is 4.17. The van der Waals surface area contributed by atoms with E-state index in [4.69, 9.17) is 16.3 Å². The van der Waals surface area contributed by atoms with Crippen molar-refractivity contribution in [3.8, 4) is 5.75 Å². The minimum atomic E-state index is -0.589. The van der Waals surface area contributed by atoms with Gasteiger partial charge in [0.05, 0.1) is 4.47 Å². The first-order chi connectivity index (χ1) is 10.6. The average Bonchev–Trinajstić information content (AvgIpc) is 2.52. The zero-order valence-electron chi connectivity index (χ0n) is 12.7. The van der Waals surface area contributed by atoms with Crippen LogP contribution in [-0.4, -0.2) is 24.4 Å². The van der Waals surface area contributed by atoms with E-state index in [1.165, 1.54) is 0 Å². The van der Waals surface area contributed by atoms with Crippen molar-refractivity contribution >= 4 is 39.9 Å². The summed E-state index contributed by atoms with van der Waals surface area (Å²) in [5.74, 6) is 0.726. The van der Waals surface area contributed by atoms with E-state index in [2.05, 4.69) is 21.2 Å². The zero-order chi connectivity index (χ0) is 15.9. The second-order valence-corrected chi connectivity index (χ2v) is 6.37. The summed E-state index contributed by atoms with van der Waals surface area (Å²) in [5, 5.41) is 14.0. The predicted molar refractivity (Wildman–Crippen MR) is 101 cm³/mol. The SMILES string of the molecule is CC(NCC(O)COc1ccccc1Br)c1cccc(Cl)c1.Cl. The maximum absolute atomic E-state index is 10.0. The van der Waals surface area contributed by atoms with Gasteiger partial charge in [0.1, 0.15) is 18.5 Å². The van der Waals surface area contributed by atoms with Crippen molar-refractivity contribution in [1.29, 1.82) is 0 Å². The van der Waals surface area contributed by atoms with Gasteiger partial charge in [0.2, 0.25) is 0 Å². The van der Waals surface area contributed by atoms with Crippen LogP contribution in [0.4, 0.5) is 0 Å². The van der Waals surface area contributed by atoms with Gasteiger partial charge in [-0.15, -0.1) is 12.4 Å². The summed E-state index contributed by atoms with van der Waals surface area (Å²) in [4.78, 5) is 0. The largest absolute Gasteiger partial charge is 0.490 e. The number of aliphatic hydroxyl groups is 1. The minimum absolute atomic E-state index is 0. The summed E-state index contributed by atoms with van der Waals surface area (Å²) >= 11 is 9.39. The first-order valence-corrected chi connectivity index (χ1v) is 8.27. The summed E-state index contributed by atoms with van der Waals surface area (Å²) in [6.07, 6.45) is -0.589. The Bertz CT molecular complexity index is 613. The lowest BCUT2D eigenvalue weighted by Gasteiger charge is -2.18. The van der Waals surface area contributed by atoms with Gasteiger partial charge in [-0.1, -0.05) is 35.9 Å². The molecule has 3 nitrogen and oxygen atoms in total. The van der Waals surface area contributed by atoms with Crippen LogP contribution >= 0.6 is 39.9 Å². The van der Waals surface area contributed by atoms with E-state index in [0.717, 1.165) is 15.8 Å². The highest BCUT2D eigenvalue weighted by Gasteiger charge is 2.10. The number of halogens is 3. The maximum atomic E-state index is 10.0. The van der Waals surface area contributed by atoms with Gasteiger partial charge < -0.3 is 15.2 Å². The molecule has 6 heteroatoms. The summed E-state index contributed by atoms with van der Waals surface area (Å²) in [6.45, 7) is 2.71. The van der Waals surface area contributed by atoms with E-state index in [-0.39, 0.29) is 25.1 Å². The molecular weight excluding hydrogens is 401 g/mol. The van der Waals surface area contributed by atoms with Crippen LogP contribution in [0.15, 0.2) is 53.0 Å². The standard InChI is InChI=1S/C17H19BrClNO2.ClH/c1-12(13-5-4-6-14(19)9-13)20-10-15(21)11-22-17-8-3-2-7-16(17)18;/h2-9,12,15,20-21H,10-11H2,1H3;1H. The number of benzene rings is 2. The molecule has 2 aromatic rings. The van der Waals surface area contributed by atoms with Crippen LogP contribution in [0, 0.1) is 0 Å². The Morgan fingerprint density at radius 1 is 1.22 bits per heavy atom. The Kier molecular flexibility index (Phi) is 8.95. The van der Waals surface area contributed by atoms with Crippen LogP contribution < -0.4 is 10.1 Å². The normalized spacial score (nSPS) is 13.0. The molecule has 23 heavy (non-hydrogen) atoms. The number of ether oxygens (including phenoxy) is 1. The molecule has 2 atom stereocenters. The van der Waals surface area contributed by atoms with Gasteiger partial charge in [-0.3, -0.25) is 0 Å². The highest BCUT2D eigenvalue weighted by Crippen LogP contribution is 2.23. The van der Waals surface area contributed by atoms with Crippen molar-refractivity contribution in [3.05, 3.63) is 63.6 Å². The number of rotatable bonds is 7. The second kappa shape index (κ2) is 10.2. The summed E-state index contributed by atoms with van der Waals surface area (Å²) < 4.78 is 6.47. The van der Waals surface area contributed by atoms with Gasteiger partial charge in [0.15, 0.2) is 0 Å². The molecule has 0 aliphatic rings. The Hall–Kier alpha value is -0.780. The Morgan fingerprint density at radius 2 is 1.96 bits per heavy atom. The molecule has 2 aromatic carbocycles. The monoisotopic (exact) mass is 419 g/mol. The van der Waals surface area contributed by atoms with Gasteiger partial charge in [0, 0.05) is 17.6 Å². The maximum Gasteiger partial charge on any atom is 0.133 e. The van der Waals surface area contributed by atoms with Gasteiger partial charge >= 0.3 is 0 Å². The fraction of sp³-hybridized carbons (Fsp3) is 0.294. The minimum Gasteiger partial charge on any atom is -0.490 e. The van der Waals surface area contributed by atoms with Crippen molar-refractivity contribution in [2.45, 2.75) is 19.1 Å². The Balaban J connectivity index is 0.00000264. The number of hydrogen-bond donors (Lipinski definition) is 2. The van der Waals surface area contributed by atoms with Crippen LogP contribution in [0.25, 0.3) is 0 Å². The molecule has 0 saturated heterocycles.